The summed E-state index contributed by atoms with van der Waals surface area (Å²) in [7, 11) is 0. The predicted molar refractivity (Wildman–Crippen MR) is 136 cm³/mol. The Hall–Kier alpha value is -4.10. The number of nitriles is 1. The Morgan fingerprint density at radius 3 is 2.69 bits per heavy atom. The van der Waals surface area contributed by atoms with Crippen LogP contribution in [0.3, 0.4) is 0 Å². The average Bonchev–Trinajstić information content (AvgIpc) is 2.85. The SMILES string of the molecule is CC(C)NC(=O)c1cnc(Nc2ccc3c(c2)CCNC3)nc1Nc1nc(C(C)(C)C#N)ccc1F. The molecule has 0 saturated heterocycles. The number of hydrogen-bond donors (Lipinski definition) is 4. The van der Waals surface area contributed by atoms with Crippen molar-refractivity contribution in [3.63, 3.8) is 0 Å². The Balaban J connectivity index is 1.69. The Kier molecular flexibility index (Phi) is 7.12. The van der Waals surface area contributed by atoms with E-state index in [1.807, 2.05) is 19.9 Å². The molecule has 3 heterocycles. The largest absolute Gasteiger partial charge is 0.350 e. The molecular formula is C26H29FN8O. The standard InChI is InChI=1S/C26H29FN8O/c1-15(2)31-24(36)19-13-30-25(32-18-6-5-17-12-29-10-9-16(17)11-18)35-22(19)34-23-20(27)7-8-21(33-23)26(3,4)14-28/h5-8,11,13,15,29H,9-10,12H2,1-4H3,(H,31,36)(H2,30,32,33,34,35). The molecule has 0 bridgehead atoms. The van der Waals surface area contributed by atoms with Gasteiger partial charge in [0.15, 0.2) is 11.6 Å². The van der Waals surface area contributed by atoms with Crippen LogP contribution in [0.15, 0.2) is 36.5 Å². The second-order valence-corrected chi connectivity index (χ2v) is 9.51. The van der Waals surface area contributed by atoms with Crippen LogP contribution >= 0.6 is 0 Å². The zero-order chi connectivity index (χ0) is 25.9. The third kappa shape index (κ3) is 5.58. The molecule has 2 aromatic heterocycles. The lowest BCUT2D eigenvalue weighted by atomic mass is 9.91. The number of amides is 1. The van der Waals surface area contributed by atoms with Crippen LogP contribution in [0.25, 0.3) is 0 Å². The number of nitrogens with one attached hydrogen (secondary N) is 4. The first-order valence-electron chi connectivity index (χ1n) is 11.8. The van der Waals surface area contributed by atoms with E-state index < -0.39 is 17.1 Å². The molecule has 0 atom stereocenters. The lowest BCUT2D eigenvalue weighted by Crippen LogP contribution is -2.31. The van der Waals surface area contributed by atoms with E-state index in [0.29, 0.717) is 5.69 Å². The molecule has 4 N–H and O–H groups in total. The maximum atomic E-state index is 14.7. The minimum absolute atomic E-state index is 0.0890. The molecule has 1 aromatic carbocycles. The zero-order valence-electron chi connectivity index (χ0n) is 20.7. The number of benzene rings is 1. The van der Waals surface area contributed by atoms with E-state index in [0.717, 1.165) is 25.2 Å². The Morgan fingerprint density at radius 1 is 1.14 bits per heavy atom. The van der Waals surface area contributed by atoms with Crippen LogP contribution in [0.1, 0.15) is 54.9 Å². The molecule has 0 fully saturated rings. The molecule has 1 aliphatic rings. The van der Waals surface area contributed by atoms with Crippen molar-refractivity contribution in [1.29, 1.82) is 5.26 Å². The summed E-state index contributed by atoms with van der Waals surface area (Å²) in [5.41, 5.74) is 2.89. The predicted octanol–water partition coefficient (Wildman–Crippen LogP) is 4.08. The number of carbonyl (C=O) groups is 1. The number of halogens is 1. The van der Waals surface area contributed by atoms with Crippen molar-refractivity contribution < 1.29 is 9.18 Å². The lowest BCUT2D eigenvalue weighted by molar-refractivity contribution is 0.0943. The van der Waals surface area contributed by atoms with E-state index >= 15 is 0 Å². The van der Waals surface area contributed by atoms with Crippen LogP contribution < -0.4 is 21.3 Å². The summed E-state index contributed by atoms with van der Waals surface area (Å²) in [6.45, 7) is 8.81. The third-order valence-corrected chi connectivity index (χ3v) is 5.80. The zero-order valence-corrected chi connectivity index (χ0v) is 20.7. The topological polar surface area (TPSA) is 128 Å². The molecule has 4 rings (SSSR count). The van der Waals surface area contributed by atoms with Crippen LogP contribution in [-0.2, 0) is 18.4 Å². The van der Waals surface area contributed by atoms with Crippen molar-refractivity contribution in [2.45, 2.75) is 52.1 Å². The summed E-state index contributed by atoms with van der Waals surface area (Å²) in [6.07, 6.45) is 2.31. The van der Waals surface area contributed by atoms with Crippen molar-refractivity contribution in [3.05, 3.63) is 64.7 Å². The lowest BCUT2D eigenvalue weighted by Gasteiger charge is -2.19. The second kappa shape index (κ2) is 10.3. The van der Waals surface area contributed by atoms with Gasteiger partial charge in [-0.3, -0.25) is 4.79 Å². The van der Waals surface area contributed by atoms with Gasteiger partial charge in [0.25, 0.3) is 5.91 Å². The maximum absolute atomic E-state index is 14.7. The summed E-state index contributed by atoms with van der Waals surface area (Å²) >= 11 is 0. The van der Waals surface area contributed by atoms with Crippen molar-refractivity contribution in [2.75, 3.05) is 17.2 Å². The van der Waals surface area contributed by atoms with E-state index in [1.54, 1.807) is 13.8 Å². The fourth-order valence-electron chi connectivity index (χ4n) is 3.77. The minimum Gasteiger partial charge on any atom is -0.350 e. The van der Waals surface area contributed by atoms with Crippen molar-refractivity contribution in [1.82, 2.24) is 25.6 Å². The normalized spacial score (nSPS) is 13.0. The van der Waals surface area contributed by atoms with Crippen molar-refractivity contribution in [2.24, 2.45) is 0 Å². The summed E-state index contributed by atoms with van der Waals surface area (Å²) in [4.78, 5) is 25.9. The maximum Gasteiger partial charge on any atom is 0.256 e. The van der Waals surface area contributed by atoms with Crippen molar-refractivity contribution >= 4 is 29.2 Å². The summed E-state index contributed by atoms with van der Waals surface area (Å²) in [6, 6.07) is 10.8. The Bertz CT molecular complexity index is 1330. The fraction of sp³-hybridized carbons (Fsp3) is 0.346. The quantitative estimate of drug-likeness (QED) is 0.392. The number of anilines is 4. The van der Waals surface area contributed by atoms with Crippen LogP contribution in [-0.4, -0.2) is 33.4 Å². The molecule has 1 amide bonds. The summed E-state index contributed by atoms with van der Waals surface area (Å²) in [5, 5.41) is 21.6. The van der Waals surface area contributed by atoms with Crippen molar-refractivity contribution in [3.8, 4) is 6.07 Å². The number of pyridine rings is 1. The van der Waals surface area contributed by atoms with Crippen LogP contribution in [0.2, 0.25) is 0 Å². The highest BCUT2D eigenvalue weighted by molar-refractivity contribution is 5.99. The van der Waals surface area contributed by atoms with Crippen LogP contribution in [0, 0.1) is 17.1 Å². The Labute approximate surface area is 209 Å². The third-order valence-electron chi connectivity index (χ3n) is 5.80. The number of rotatable bonds is 7. The Morgan fingerprint density at radius 2 is 1.94 bits per heavy atom. The molecule has 0 saturated carbocycles. The van der Waals surface area contributed by atoms with Gasteiger partial charge in [-0.05, 0) is 76.1 Å². The van der Waals surface area contributed by atoms with Gasteiger partial charge in [-0.25, -0.2) is 14.4 Å². The molecule has 0 unspecified atom stereocenters. The molecule has 0 radical (unpaired) electrons. The number of aromatic nitrogens is 3. The molecule has 1 aliphatic heterocycles. The van der Waals surface area contributed by atoms with E-state index in [9.17, 15) is 14.4 Å². The van der Waals surface area contributed by atoms with Gasteiger partial charge in [-0.15, -0.1) is 0 Å². The molecular weight excluding hydrogens is 459 g/mol. The number of fused-ring (bicyclic) bond motifs is 1. The molecule has 9 nitrogen and oxygen atoms in total. The first-order chi connectivity index (χ1) is 17.2. The fourth-order valence-corrected chi connectivity index (χ4v) is 3.77. The average molecular weight is 489 g/mol. The highest BCUT2D eigenvalue weighted by Crippen LogP contribution is 2.27. The van der Waals surface area contributed by atoms with Crippen LogP contribution in [0.5, 0.6) is 0 Å². The minimum atomic E-state index is -0.928. The molecule has 3 aromatic rings. The second-order valence-electron chi connectivity index (χ2n) is 9.51. The van der Waals surface area contributed by atoms with E-state index in [2.05, 4.69) is 54.4 Å². The van der Waals surface area contributed by atoms with Gasteiger partial charge in [0.2, 0.25) is 5.95 Å². The van der Waals surface area contributed by atoms with E-state index in [4.69, 9.17) is 0 Å². The molecule has 186 valence electrons. The van der Waals surface area contributed by atoms with Gasteiger partial charge in [0.05, 0.1) is 17.2 Å². The smallest absolute Gasteiger partial charge is 0.256 e. The molecule has 0 aliphatic carbocycles. The van der Waals surface area contributed by atoms with Gasteiger partial charge in [0, 0.05) is 24.5 Å². The van der Waals surface area contributed by atoms with E-state index in [1.165, 1.54) is 29.5 Å². The molecule has 0 spiro atoms. The summed E-state index contributed by atoms with van der Waals surface area (Å²) < 4.78 is 14.7. The first kappa shape index (κ1) is 25.0. The van der Waals surface area contributed by atoms with Gasteiger partial charge >= 0.3 is 0 Å². The number of carbonyl (C=O) groups excluding carboxylic acids is 1. The first-order valence-corrected chi connectivity index (χ1v) is 11.8. The highest BCUT2D eigenvalue weighted by atomic mass is 19.1. The monoisotopic (exact) mass is 488 g/mol. The highest BCUT2D eigenvalue weighted by Gasteiger charge is 2.24. The van der Waals surface area contributed by atoms with E-state index in [-0.39, 0.29) is 29.2 Å². The number of hydrogen-bond acceptors (Lipinski definition) is 8. The summed E-state index contributed by atoms with van der Waals surface area (Å²) in [5.74, 6) is -0.860. The molecule has 36 heavy (non-hydrogen) atoms. The van der Waals surface area contributed by atoms with Gasteiger partial charge < -0.3 is 21.3 Å². The van der Waals surface area contributed by atoms with Gasteiger partial charge in [-0.1, -0.05) is 6.07 Å². The van der Waals surface area contributed by atoms with Crippen LogP contribution in [0.4, 0.5) is 27.7 Å². The molecule has 10 heteroatoms. The number of nitrogens with zero attached hydrogens (tertiary/aromatic N) is 4. The van der Waals surface area contributed by atoms with Gasteiger partial charge in [0.1, 0.15) is 11.4 Å². The van der Waals surface area contributed by atoms with Gasteiger partial charge in [-0.2, -0.15) is 10.2 Å².